The highest BCUT2D eigenvalue weighted by Gasteiger charge is 2.19. The molecule has 0 saturated heterocycles. The second-order valence-electron chi connectivity index (χ2n) is 7.08. The van der Waals surface area contributed by atoms with Crippen molar-refractivity contribution in [1.82, 2.24) is 9.88 Å². The number of benzene rings is 2. The Kier molecular flexibility index (Phi) is 6.99. The van der Waals surface area contributed by atoms with Gasteiger partial charge in [-0.05, 0) is 30.3 Å². The molecule has 2 aromatic carbocycles. The molecule has 10 nitrogen and oxygen atoms in total. The lowest BCUT2D eigenvalue weighted by Crippen LogP contribution is -2.22. The van der Waals surface area contributed by atoms with Gasteiger partial charge in [-0.25, -0.2) is 4.98 Å². The second kappa shape index (κ2) is 9.88. The third-order valence-electron chi connectivity index (χ3n) is 4.54. The highest BCUT2D eigenvalue weighted by atomic mass is 35.5. The van der Waals surface area contributed by atoms with Gasteiger partial charge in [0.2, 0.25) is 0 Å². The summed E-state index contributed by atoms with van der Waals surface area (Å²) < 4.78 is 0. The van der Waals surface area contributed by atoms with Crippen molar-refractivity contribution in [2.24, 2.45) is 0 Å². The number of rotatable bonds is 6. The number of nitro benzene ring substituents is 1. The van der Waals surface area contributed by atoms with Crippen molar-refractivity contribution in [3.05, 3.63) is 92.6 Å². The predicted molar refractivity (Wildman–Crippen MR) is 125 cm³/mol. The Hall–Kier alpha value is -4.31. The summed E-state index contributed by atoms with van der Waals surface area (Å²) in [6.45, 7) is 0. The van der Waals surface area contributed by atoms with E-state index in [-0.39, 0.29) is 34.2 Å². The van der Waals surface area contributed by atoms with Crippen LogP contribution in [-0.4, -0.2) is 46.6 Å². The number of carbonyl (C=O) groups is 2. The average Bonchev–Trinajstić information content (AvgIpc) is 2.79. The number of halogens is 1. The van der Waals surface area contributed by atoms with E-state index in [0.29, 0.717) is 10.6 Å². The molecule has 0 bridgehead atoms. The SMILES string of the molecule is CN(C)C(=N)c1ccc(C(=O)Nc2cc([N+](=O)[O-])ccc2C(=O)Nc2ccc(Cl)cn2)cc1. The molecule has 3 aromatic rings. The van der Waals surface area contributed by atoms with E-state index < -0.39 is 16.7 Å². The Bertz CT molecular complexity index is 1230. The Balaban J connectivity index is 1.87. The van der Waals surface area contributed by atoms with E-state index in [4.69, 9.17) is 17.0 Å². The molecule has 0 radical (unpaired) electrons. The summed E-state index contributed by atoms with van der Waals surface area (Å²) >= 11 is 5.79. The van der Waals surface area contributed by atoms with Crippen LogP contribution in [0.2, 0.25) is 5.02 Å². The zero-order valence-electron chi connectivity index (χ0n) is 17.6. The molecule has 0 spiro atoms. The number of pyridine rings is 1. The molecular formula is C22H19ClN6O4. The van der Waals surface area contributed by atoms with E-state index in [9.17, 15) is 19.7 Å². The summed E-state index contributed by atoms with van der Waals surface area (Å²) in [7, 11) is 3.47. The minimum Gasteiger partial charge on any atom is -0.363 e. The topological polar surface area (TPSA) is 141 Å². The van der Waals surface area contributed by atoms with Crippen LogP contribution >= 0.6 is 11.6 Å². The highest BCUT2D eigenvalue weighted by Crippen LogP contribution is 2.24. The predicted octanol–water partition coefficient (Wildman–Crippen LogP) is 4.03. The minimum absolute atomic E-state index is 0.0108. The Morgan fingerprint density at radius 3 is 2.24 bits per heavy atom. The number of hydrogen-bond acceptors (Lipinski definition) is 6. The van der Waals surface area contributed by atoms with Crippen molar-refractivity contribution in [1.29, 1.82) is 5.41 Å². The van der Waals surface area contributed by atoms with Gasteiger partial charge in [-0.15, -0.1) is 0 Å². The number of hydrogen-bond donors (Lipinski definition) is 3. The first kappa shape index (κ1) is 23.4. The van der Waals surface area contributed by atoms with E-state index in [1.807, 2.05) is 0 Å². The van der Waals surface area contributed by atoms with Gasteiger partial charge in [-0.1, -0.05) is 23.7 Å². The zero-order valence-corrected chi connectivity index (χ0v) is 18.4. The van der Waals surface area contributed by atoms with Gasteiger partial charge in [-0.2, -0.15) is 0 Å². The fourth-order valence-electron chi connectivity index (χ4n) is 2.81. The standard InChI is InChI=1S/C22H19ClN6O4/c1-28(2)20(24)13-3-5-14(6-4-13)21(30)26-18-11-16(29(32)33)8-9-17(18)22(31)27-19-10-7-15(23)12-25-19/h3-12,24H,1-2H3,(H,26,30)(H,25,27,31). The number of anilines is 2. The van der Waals surface area contributed by atoms with Crippen LogP contribution in [0.4, 0.5) is 17.2 Å². The lowest BCUT2D eigenvalue weighted by atomic mass is 10.1. The minimum atomic E-state index is -0.625. The number of carbonyl (C=O) groups excluding carboxylic acids is 2. The van der Waals surface area contributed by atoms with Gasteiger partial charge in [0, 0.05) is 43.6 Å². The quantitative estimate of drug-likeness (QED) is 0.217. The first-order valence-electron chi connectivity index (χ1n) is 9.54. The van der Waals surface area contributed by atoms with Crippen LogP contribution < -0.4 is 10.6 Å². The fraction of sp³-hybridized carbons (Fsp3) is 0.0909. The number of nitrogens with zero attached hydrogens (tertiary/aromatic N) is 3. The fourth-order valence-corrected chi connectivity index (χ4v) is 2.92. The summed E-state index contributed by atoms with van der Waals surface area (Å²) in [5.74, 6) is -0.698. The molecule has 1 heterocycles. The smallest absolute Gasteiger partial charge is 0.271 e. The Morgan fingerprint density at radius 1 is 1.00 bits per heavy atom. The molecule has 1 aromatic heterocycles. The van der Waals surface area contributed by atoms with Crippen LogP contribution in [0.3, 0.4) is 0 Å². The molecule has 0 unspecified atom stereocenters. The lowest BCUT2D eigenvalue weighted by molar-refractivity contribution is -0.384. The van der Waals surface area contributed by atoms with Crippen LogP contribution in [0.5, 0.6) is 0 Å². The van der Waals surface area contributed by atoms with Gasteiger partial charge >= 0.3 is 0 Å². The molecule has 11 heteroatoms. The maximum atomic E-state index is 12.8. The molecule has 0 atom stereocenters. The molecule has 33 heavy (non-hydrogen) atoms. The van der Waals surface area contributed by atoms with Gasteiger partial charge in [0.1, 0.15) is 11.7 Å². The van der Waals surface area contributed by atoms with Crippen molar-refractivity contribution in [3.63, 3.8) is 0 Å². The van der Waals surface area contributed by atoms with Gasteiger partial charge in [0.05, 0.1) is 21.2 Å². The van der Waals surface area contributed by atoms with Crippen molar-refractivity contribution < 1.29 is 14.5 Å². The van der Waals surface area contributed by atoms with Gasteiger partial charge in [0.25, 0.3) is 17.5 Å². The average molecular weight is 467 g/mol. The van der Waals surface area contributed by atoms with Crippen LogP contribution in [0, 0.1) is 15.5 Å². The van der Waals surface area contributed by atoms with Crippen molar-refractivity contribution in [3.8, 4) is 0 Å². The van der Waals surface area contributed by atoms with Crippen molar-refractivity contribution >= 4 is 46.4 Å². The van der Waals surface area contributed by atoms with Crippen LogP contribution in [0.15, 0.2) is 60.8 Å². The van der Waals surface area contributed by atoms with Crippen molar-refractivity contribution in [2.45, 2.75) is 0 Å². The monoisotopic (exact) mass is 466 g/mol. The maximum Gasteiger partial charge on any atom is 0.271 e. The molecular weight excluding hydrogens is 448 g/mol. The first-order valence-corrected chi connectivity index (χ1v) is 9.92. The van der Waals surface area contributed by atoms with E-state index in [1.165, 1.54) is 36.5 Å². The third kappa shape index (κ3) is 5.69. The summed E-state index contributed by atoms with van der Waals surface area (Å²) in [5, 5.41) is 24.7. The summed E-state index contributed by atoms with van der Waals surface area (Å²) in [5.41, 5.74) is 0.550. The van der Waals surface area contributed by atoms with E-state index in [0.717, 1.165) is 6.07 Å². The molecule has 168 valence electrons. The largest absolute Gasteiger partial charge is 0.363 e. The van der Waals surface area contributed by atoms with E-state index >= 15 is 0 Å². The van der Waals surface area contributed by atoms with Gasteiger partial charge in [-0.3, -0.25) is 25.1 Å². The van der Waals surface area contributed by atoms with Gasteiger partial charge in [0.15, 0.2) is 0 Å². The molecule has 0 saturated carbocycles. The molecule has 0 fully saturated rings. The molecule has 2 amide bonds. The molecule has 0 aliphatic heterocycles. The van der Waals surface area contributed by atoms with E-state index in [2.05, 4.69) is 15.6 Å². The van der Waals surface area contributed by atoms with Crippen LogP contribution in [0.1, 0.15) is 26.3 Å². The number of amidine groups is 1. The molecule has 3 rings (SSSR count). The Labute approximate surface area is 193 Å². The summed E-state index contributed by atoms with van der Waals surface area (Å²) in [4.78, 5) is 41.7. The number of aromatic nitrogens is 1. The molecule has 0 aliphatic carbocycles. The third-order valence-corrected chi connectivity index (χ3v) is 4.77. The normalized spacial score (nSPS) is 10.3. The maximum absolute atomic E-state index is 12.8. The number of nitro groups is 1. The highest BCUT2D eigenvalue weighted by molar-refractivity contribution is 6.30. The Morgan fingerprint density at radius 2 is 1.67 bits per heavy atom. The molecule has 3 N–H and O–H groups in total. The first-order chi connectivity index (χ1) is 15.7. The van der Waals surface area contributed by atoms with Crippen LogP contribution in [0.25, 0.3) is 0 Å². The molecule has 0 aliphatic rings. The number of non-ortho nitro benzene ring substituents is 1. The van der Waals surface area contributed by atoms with Crippen LogP contribution in [-0.2, 0) is 0 Å². The number of amides is 2. The summed E-state index contributed by atoms with van der Waals surface area (Å²) in [6.07, 6.45) is 1.36. The van der Waals surface area contributed by atoms with E-state index in [1.54, 1.807) is 37.2 Å². The number of nitrogens with one attached hydrogen (secondary N) is 3. The summed E-state index contributed by atoms with van der Waals surface area (Å²) in [6, 6.07) is 12.9. The second-order valence-corrected chi connectivity index (χ2v) is 7.51. The lowest BCUT2D eigenvalue weighted by Gasteiger charge is -2.14. The zero-order chi connectivity index (χ0) is 24.1. The van der Waals surface area contributed by atoms with Crippen molar-refractivity contribution in [2.75, 3.05) is 24.7 Å². The van der Waals surface area contributed by atoms with Gasteiger partial charge < -0.3 is 15.5 Å².